The molecule has 4 heteroatoms. The molecule has 0 amide bonds. The van der Waals surface area contributed by atoms with Crippen molar-refractivity contribution < 1.29 is 0 Å². The molecule has 4 fully saturated rings. The first-order valence-electron chi connectivity index (χ1n) is 21.5. The number of para-hydroxylation sites is 3. The normalized spacial score (nSPS) is 22.3. The van der Waals surface area contributed by atoms with E-state index in [4.69, 9.17) is 15.0 Å². The molecule has 0 radical (unpaired) electrons. The maximum atomic E-state index is 5.44. The number of rotatable bonds is 5. The maximum Gasteiger partial charge on any atom is 0.164 e. The SMILES string of the molecule is c1ccc(-c2nc(-c3ccc(-c4cccc5c6ccccc6n(-c6ccccc6)c45)cc3)nc(-c3cccc4c3C3(c5ccccc5-4)C4CC5CC(C4)CC3C5)n2)cc1. The molecule has 2 heterocycles. The first-order chi connectivity index (χ1) is 29.2. The summed E-state index contributed by atoms with van der Waals surface area (Å²) in [5.74, 6) is 5.22. The summed E-state index contributed by atoms with van der Waals surface area (Å²) < 4.78 is 2.41. The van der Waals surface area contributed by atoms with Crippen LogP contribution in [0.5, 0.6) is 0 Å². The van der Waals surface area contributed by atoms with E-state index in [1.807, 2.05) is 0 Å². The molecule has 0 atom stereocenters. The first kappa shape index (κ1) is 33.3. The third kappa shape index (κ3) is 4.80. The van der Waals surface area contributed by atoms with Crippen molar-refractivity contribution in [2.24, 2.45) is 23.7 Å². The van der Waals surface area contributed by atoms with Crippen molar-refractivity contribution in [3.05, 3.63) is 181 Å². The molecule has 282 valence electrons. The van der Waals surface area contributed by atoms with Crippen molar-refractivity contribution in [1.82, 2.24) is 19.5 Å². The fourth-order valence-electron chi connectivity index (χ4n) is 12.6. The zero-order valence-corrected chi connectivity index (χ0v) is 32.8. The molecule has 1 spiro atoms. The summed E-state index contributed by atoms with van der Waals surface area (Å²) in [5.41, 5.74) is 14.9. The van der Waals surface area contributed by atoms with Gasteiger partial charge in [-0.15, -0.1) is 0 Å². The van der Waals surface area contributed by atoms with E-state index in [0.29, 0.717) is 23.5 Å². The van der Waals surface area contributed by atoms with Crippen molar-refractivity contribution in [3.8, 4) is 62.1 Å². The monoisotopic (exact) mass is 758 g/mol. The number of hydrogen-bond donors (Lipinski definition) is 0. The Bertz CT molecular complexity index is 3080. The van der Waals surface area contributed by atoms with Crippen LogP contribution < -0.4 is 0 Å². The maximum absolute atomic E-state index is 5.44. The van der Waals surface area contributed by atoms with Gasteiger partial charge in [-0.25, -0.2) is 15.0 Å². The Morgan fingerprint density at radius 3 is 1.71 bits per heavy atom. The molecule has 4 nitrogen and oxygen atoms in total. The third-order valence-corrected chi connectivity index (χ3v) is 14.6. The molecule has 0 unspecified atom stereocenters. The highest BCUT2D eigenvalue weighted by Gasteiger charge is 2.62. The average molecular weight is 759 g/mol. The van der Waals surface area contributed by atoms with Crippen LogP contribution in [0.2, 0.25) is 0 Å². The Labute approximate surface area is 344 Å². The molecule has 5 aliphatic rings. The predicted molar refractivity (Wildman–Crippen MR) is 239 cm³/mol. The Balaban J connectivity index is 0.982. The standard InChI is InChI=1S/C55H42N4/c1-3-13-37(14-4-1)52-56-53(38-27-25-36(26-28-38)42-19-11-21-46-44-18-8-10-24-49(44)59(51(42)46)41-15-5-2-6-16-41)58-54(57-52)47-22-12-20-45-43-17-7-9-23-48(43)55(50(45)47)39-30-34-29-35(32-39)33-40(55)31-34/h1-28,34-35,39-40H,29-33H2. The molecule has 4 bridgehead atoms. The molecule has 5 aliphatic carbocycles. The van der Waals surface area contributed by atoms with Gasteiger partial charge in [0, 0.05) is 44.1 Å². The Hall–Kier alpha value is -6.65. The second kappa shape index (κ2) is 12.7. The number of hydrogen-bond acceptors (Lipinski definition) is 3. The van der Waals surface area contributed by atoms with Gasteiger partial charge in [-0.3, -0.25) is 0 Å². The van der Waals surface area contributed by atoms with Crippen molar-refractivity contribution in [1.29, 1.82) is 0 Å². The Kier molecular flexibility index (Phi) is 7.16. The molecule has 0 aliphatic heterocycles. The van der Waals surface area contributed by atoms with Crippen LogP contribution in [-0.4, -0.2) is 19.5 Å². The topological polar surface area (TPSA) is 43.6 Å². The summed E-state index contributed by atoms with van der Waals surface area (Å²) in [6.07, 6.45) is 6.76. The average Bonchev–Trinajstić information content (AvgIpc) is 3.80. The lowest BCUT2D eigenvalue weighted by Crippen LogP contribution is -2.55. The molecule has 9 aromatic rings. The summed E-state index contributed by atoms with van der Waals surface area (Å²) in [7, 11) is 0. The molecule has 2 aromatic heterocycles. The molecule has 7 aromatic carbocycles. The van der Waals surface area contributed by atoms with E-state index in [1.165, 1.54) is 81.7 Å². The molecule has 14 rings (SSSR count). The van der Waals surface area contributed by atoms with Crippen molar-refractivity contribution in [2.45, 2.75) is 37.5 Å². The van der Waals surface area contributed by atoms with E-state index in [1.54, 1.807) is 5.56 Å². The minimum Gasteiger partial charge on any atom is -0.309 e. The van der Waals surface area contributed by atoms with Crippen LogP contribution in [0.1, 0.15) is 43.2 Å². The van der Waals surface area contributed by atoms with Gasteiger partial charge in [0.2, 0.25) is 0 Å². The zero-order chi connectivity index (χ0) is 38.7. The Morgan fingerprint density at radius 1 is 0.407 bits per heavy atom. The lowest BCUT2D eigenvalue weighted by atomic mass is 9.43. The van der Waals surface area contributed by atoms with Crippen molar-refractivity contribution in [3.63, 3.8) is 0 Å². The van der Waals surface area contributed by atoms with Gasteiger partial charge in [0.05, 0.1) is 11.0 Å². The van der Waals surface area contributed by atoms with Crippen molar-refractivity contribution in [2.75, 3.05) is 0 Å². The zero-order valence-electron chi connectivity index (χ0n) is 32.8. The van der Waals surface area contributed by atoms with E-state index in [-0.39, 0.29) is 5.41 Å². The van der Waals surface area contributed by atoms with E-state index < -0.39 is 0 Å². The Morgan fingerprint density at radius 2 is 0.949 bits per heavy atom. The van der Waals surface area contributed by atoms with Gasteiger partial charge in [-0.2, -0.15) is 0 Å². The minimum absolute atomic E-state index is 0.000522. The van der Waals surface area contributed by atoms with E-state index in [9.17, 15) is 0 Å². The van der Waals surface area contributed by atoms with Gasteiger partial charge in [0.15, 0.2) is 17.5 Å². The lowest BCUT2D eigenvalue weighted by molar-refractivity contribution is -0.0397. The second-order valence-electron chi connectivity index (χ2n) is 17.6. The molecule has 59 heavy (non-hydrogen) atoms. The molecular weight excluding hydrogens is 717 g/mol. The van der Waals surface area contributed by atoms with E-state index >= 15 is 0 Å². The third-order valence-electron chi connectivity index (χ3n) is 14.6. The van der Waals surface area contributed by atoms with Gasteiger partial charge >= 0.3 is 0 Å². The predicted octanol–water partition coefficient (Wildman–Crippen LogP) is 13.4. The molecular formula is C55H42N4. The summed E-state index contributed by atoms with van der Waals surface area (Å²) in [4.78, 5) is 16.0. The van der Waals surface area contributed by atoms with Crippen LogP contribution in [-0.2, 0) is 5.41 Å². The number of fused-ring (bicyclic) bond motifs is 6. The smallest absolute Gasteiger partial charge is 0.164 e. The summed E-state index contributed by atoms with van der Waals surface area (Å²) in [5, 5.41) is 2.50. The van der Waals surface area contributed by atoms with Crippen LogP contribution in [0, 0.1) is 23.7 Å². The van der Waals surface area contributed by atoms with E-state index in [0.717, 1.165) is 40.0 Å². The van der Waals surface area contributed by atoms with Gasteiger partial charge in [-0.05, 0) is 102 Å². The second-order valence-corrected chi connectivity index (χ2v) is 17.6. The molecule has 0 saturated heterocycles. The van der Waals surface area contributed by atoms with Crippen LogP contribution in [0.15, 0.2) is 170 Å². The largest absolute Gasteiger partial charge is 0.309 e. The number of nitrogens with zero attached hydrogens (tertiary/aromatic N) is 4. The van der Waals surface area contributed by atoms with Gasteiger partial charge in [0.25, 0.3) is 0 Å². The summed E-state index contributed by atoms with van der Waals surface area (Å²) >= 11 is 0. The highest BCUT2D eigenvalue weighted by molar-refractivity contribution is 6.13. The first-order valence-corrected chi connectivity index (χ1v) is 21.5. The molecule has 4 saturated carbocycles. The van der Waals surface area contributed by atoms with E-state index in [2.05, 4.69) is 174 Å². The minimum atomic E-state index is 0.000522. The van der Waals surface area contributed by atoms with Crippen LogP contribution in [0.4, 0.5) is 0 Å². The van der Waals surface area contributed by atoms with Gasteiger partial charge in [-0.1, -0.05) is 152 Å². The number of benzene rings is 7. The highest BCUT2D eigenvalue weighted by Crippen LogP contribution is 2.70. The number of aromatic nitrogens is 4. The van der Waals surface area contributed by atoms with Crippen molar-refractivity contribution >= 4 is 21.8 Å². The summed E-state index contributed by atoms with van der Waals surface area (Å²) in [6, 6.07) is 61.6. The quantitative estimate of drug-likeness (QED) is 0.176. The van der Waals surface area contributed by atoms with Gasteiger partial charge < -0.3 is 4.57 Å². The van der Waals surface area contributed by atoms with Crippen LogP contribution >= 0.6 is 0 Å². The lowest BCUT2D eigenvalue weighted by Gasteiger charge is -2.61. The fourth-order valence-corrected chi connectivity index (χ4v) is 12.6. The fraction of sp³-hybridized carbons (Fsp3) is 0.182. The summed E-state index contributed by atoms with van der Waals surface area (Å²) in [6.45, 7) is 0. The van der Waals surface area contributed by atoms with Crippen LogP contribution in [0.3, 0.4) is 0 Å². The highest BCUT2D eigenvalue weighted by atomic mass is 15.0. The van der Waals surface area contributed by atoms with Crippen LogP contribution in [0.25, 0.3) is 83.9 Å². The molecule has 0 N–H and O–H groups in total. The van der Waals surface area contributed by atoms with Gasteiger partial charge in [0.1, 0.15) is 0 Å².